The van der Waals surface area contributed by atoms with E-state index in [4.69, 9.17) is 9.47 Å². The second kappa shape index (κ2) is 11.6. The predicted octanol–water partition coefficient (Wildman–Crippen LogP) is 4.38. The average Bonchev–Trinajstić information content (AvgIpc) is 2.83. The van der Waals surface area contributed by atoms with Gasteiger partial charge in [0.05, 0.1) is 16.8 Å². The van der Waals surface area contributed by atoms with E-state index in [0.29, 0.717) is 9.26 Å². The molecule has 180 valence electrons. The molecule has 0 aliphatic rings. The fourth-order valence-electron chi connectivity index (χ4n) is 3.01. The van der Waals surface area contributed by atoms with Crippen LogP contribution in [-0.2, 0) is 19.1 Å². The zero-order chi connectivity index (χ0) is 25.5. The zero-order valence-electron chi connectivity index (χ0n) is 18.9. The smallest absolute Gasteiger partial charge is 0.349 e. The Labute approximate surface area is 215 Å². The number of halogens is 1. The number of esters is 2. The number of amides is 1. The number of aliphatic carboxylic acids is 1. The van der Waals surface area contributed by atoms with E-state index in [-0.39, 0.29) is 11.1 Å². The number of nitrogens with one attached hydrogen (secondary N) is 1. The SMILES string of the molecule is Cc1ccc(C(=O)O[C@@H](C(=O)O)[C@@H](OC(=O)c2ccc(C)cc2)C(=O)Nc2ccccc2I)cc1. The van der Waals surface area contributed by atoms with Crippen LogP contribution in [-0.4, -0.2) is 41.1 Å². The molecule has 0 radical (unpaired) electrons. The van der Waals surface area contributed by atoms with E-state index in [1.807, 2.05) is 36.4 Å². The summed E-state index contributed by atoms with van der Waals surface area (Å²) >= 11 is 1.99. The first kappa shape index (κ1) is 25.9. The molecule has 3 aromatic rings. The van der Waals surface area contributed by atoms with E-state index in [0.717, 1.165) is 11.1 Å². The Morgan fingerprint density at radius 2 is 1.20 bits per heavy atom. The van der Waals surface area contributed by atoms with Gasteiger partial charge in [0.1, 0.15) is 0 Å². The molecule has 9 heteroatoms. The minimum atomic E-state index is -2.10. The van der Waals surface area contributed by atoms with E-state index in [2.05, 4.69) is 5.32 Å². The molecule has 1 amide bonds. The van der Waals surface area contributed by atoms with Crippen molar-refractivity contribution in [1.82, 2.24) is 0 Å². The van der Waals surface area contributed by atoms with E-state index in [1.54, 1.807) is 48.5 Å². The molecule has 2 atom stereocenters. The molecule has 0 bridgehead atoms. The van der Waals surface area contributed by atoms with E-state index in [1.165, 1.54) is 24.3 Å². The molecule has 8 nitrogen and oxygen atoms in total. The largest absolute Gasteiger partial charge is 0.478 e. The van der Waals surface area contributed by atoms with Gasteiger partial charge in [-0.15, -0.1) is 0 Å². The van der Waals surface area contributed by atoms with Gasteiger partial charge in [0.2, 0.25) is 12.2 Å². The second-order valence-electron chi connectivity index (χ2n) is 7.69. The highest BCUT2D eigenvalue weighted by Gasteiger charge is 2.41. The van der Waals surface area contributed by atoms with Crippen LogP contribution < -0.4 is 5.32 Å². The fourth-order valence-corrected chi connectivity index (χ4v) is 3.53. The second-order valence-corrected chi connectivity index (χ2v) is 8.85. The van der Waals surface area contributed by atoms with Crippen molar-refractivity contribution in [2.24, 2.45) is 0 Å². The molecular formula is C26H22INO7. The Bertz CT molecular complexity index is 1240. The molecule has 3 aromatic carbocycles. The number of hydrogen-bond donors (Lipinski definition) is 2. The van der Waals surface area contributed by atoms with Gasteiger partial charge in [0, 0.05) is 3.57 Å². The summed E-state index contributed by atoms with van der Waals surface area (Å²) in [7, 11) is 0. The molecule has 0 heterocycles. The third kappa shape index (κ3) is 6.89. The lowest BCUT2D eigenvalue weighted by molar-refractivity contribution is -0.157. The van der Waals surface area contributed by atoms with Gasteiger partial charge >= 0.3 is 17.9 Å². The molecular weight excluding hydrogens is 565 g/mol. The lowest BCUT2D eigenvalue weighted by Gasteiger charge is -2.24. The number of benzene rings is 3. The number of rotatable bonds is 8. The Kier molecular flexibility index (Phi) is 8.58. The summed E-state index contributed by atoms with van der Waals surface area (Å²) < 4.78 is 11.2. The van der Waals surface area contributed by atoms with Crippen LogP contribution in [0.4, 0.5) is 5.69 Å². The van der Waals surface area contributed by atoms with Crippen molar-refractivity contribution >= 4 is 52.1 Å². The molecule has 0 unspecified atom stereocenters. The van der Waals surface area contributed by atoms with Gasteiger partial charge < -0.3 is 19.9 Å². The Hall–Kier alpha value is -3.73. The Morgan fingerprint density at radius 1 is 0.743 bits per heavy atom. The maximum atomic E-state index is 13.1. The van der Waals surface area contributed by atoms with E-state index >= 15 is 0 Å². The van der Waals surface area contributed by atoms with Crippen molar-refractivity contribution < 1.29 is 33.8 Å². The number of para-hydroxylation sites is 1. The number of carboxylic acid groups (broad SMARTS) is 1. The van der Waals surface area contributed by atoms with Crippen LogP contribution in [0.15, 0.2) is 72.8 Å². The van der Waals surface area contributed by atoms with Crippen molar-refractivity contribution in [3.05, 3.63) is 98.6 Å². The molecule has 0 aromatic heterocycles. The molecule has 0 saturated heterocycles. The Balaban J connectivity index is 1.91. The maximum Gasteiger partial charge on any atom is 0.349 e. The standard InChI is InChI=1S/C26H22INO7/c1-15-7-11-17(12-8-15)25(32)34-21(23(29)28-20-6-4-3-5-19(20)27)22(24(30)31)35-26(33)18-13-9-16(2)10-14-18/h3-14,21-22H,1-2H3,(H,28,29)(H,30,31)/t21-,22-/m1/s1. The molecule has 0 aliphatic heterocycles. The number of carboxylic acids is 1. The van der Waals surface area contributed by atoms with Crippen molar-refractivity contribution in [2.75, 3.05) is 5.32 Å². The van der Waals surface area contributed by atoms with Gasteiger partial charge in [-0.2, -0.15) is 0 Å². The number of carbonyl (C=O) groups is 4. The number of carbonyl (C=O) groups excluding carboxylic acids is 3. The maximum absolute atomic E-state index is 13.1. The normalized spacial score (nSPS) is 12.2. The first-order chi connectivity index (χ1) is 16.7. The molecule has 0 saturated carbocycles. The van der Waals surface area contributed by atoms with Crippen LogP contribution in [0.3, 0.4) is 0 Å². The highest BCUT2D eigenvalue weighted by atomic mass is 127. The van der Waals surface area contributed by atoms with Crippen molar-refractivity contribution in [3.63, 3.8) is 0 Å². The van der Waals surface area contributed by atoms with Crippen molar-refractivity contribution in [3.8, 4) is 0 Å². The lowest BCUT2D eigenvalue weighted by atomic mass is 10.1. The summed E-state index contributed by atoms with van der Waals surface area (Å²) in [6.07, 6.45) is -4.06. The minimum Gasteiger partial charge on any atom is -0.478 e. The number of ether oxygens (including phenoxy) is 2. The Morgan fingerprint density at radius 3 is 1.66 bits per heavy atom. The predicted molar refractivity (Wildman–Crippen MR) is 136 cm³/mol. The highest BCUT2D eigenvalue weighted by molar-refractivity contribution is 14.1. The summed E-state index contributed by atoms with van der Waals surface area (Å²) in [5.41, 5.74) is 2.35. The monoisotopic (exact) mass is 587 g/mol. The molecule has 3 rings (SSSR count). The van der Waals surface area contributed by atoms with E-state index in [9.17, 15) is 24.3 Å². The van der Waals surface area contributed by atoms with Crippen LogP contribution in [0, 0.1) is 17.4 Å². The highest BCUT2D eigenvalue weighted by Crippen LogP contribution is 2.20. The van der Waals surface area contributed by atoms with Gasteiger partial charge in [-0.05, 0) is 72.8 Å². The first-order valence-corrected chi connectivity index (χ1v) is 11.6. The lowest BCUT2D eigenvalue weighted by Crippen LogP contribution is -2.48. The van der Waals surface area contributed by atoms with Crippen LogP contribution in [0.25, 0.3) is 0 Å². The van der Waals surface area contributed by atoms with Crippen LogP contribution in [0.5, 0.6) is 0 Å². The van der Waals surface area contributed by atoms with Crippen molar-refractivity contribution in [2.45, 2.75) is 26.1 Å². The quantitative estimate of drug-likeness (QED) is 0.297. The molecule has 2 N–H and O–H groups in total. The molecule has 0 spiro atoms. The van der Waals surface area contributed by atoms with Crippen molar-refractivity contribution in [1.29, 1.82) is 0 Å². The third-order valence-electron chi connectivity index (χ3n) is 4.95. The summed E-state index contributed by atoms with van der Waals surface area (Å²) in [5, 5.41) is 12.4. The van der Waals surface area contributed by atoms with E-state index < -0.39 is 36.0 Å². The fraction of sp³-hybridized carbons (Fsp3) is 0.154. The first-order valence-electron chi connectivity index (χ1n) is 10.5. The summed E-state index contributed by atoms with van der Waals surface area (Å²) in [4.78, 5) is 50.7. The third-order valence-corrected chi connectivity index (χ3v) is 5.89. The van der Waals surface area contributed by atoms with Crippen LogP contribution in [0.1, 0.15) is 31.8 Å². The minimum absolute atomic E-state index is 0.0866. The number of hydrogen-bond acceptors (Lipinski definition) is 6. The topological polar surface area (TPSA) is 119 Å². The summed E-state index contributed by atoms with van der Waals surface area (Å²) in [5.74, 6) is -4.52. The number of anilines is 1. The summed E-state index contributed by atoms with van der Waals surface area (Å²) in [6, 6.07) is 19.3. The zero-order valence-corrected chi connectivity index (χ0v) is 21.0. The van der Waals surface area contributed by atoms with Gasteiger partial charge in [0.15, 0.2) is 0 Å². The molecule has 35 heavy (non-hydrogen) atoms. The average molecular weight is 587 g/mol. The molecule has 0 fully saturated rings. The van der Waals surface area contributed by atoms with Gasteiger partial charge in [-0.3, -0.25) is 4.79 Å². The van der Waals surface area contributed by atoms with Gasteiger partial charge in [0.25, 0.3) is 5.91 Å². The van der Waals surface area contributed by atoms with Gasteiger partial charge in [-0.25, -0.2) is 14.4 Å². The molecule has 0 aliphatic carbocycles. The van der Waals surface area contributed by atoms with Gasteiger partial charge in [-0.1, -0.05) is 47.5 Å². The van der Waals surface area contributed by atoms with Crippen LogP contribution >= 0.6 is 22.6 Å². The summed E-state index contributed by atoms with van der Waals surface area (Å²) in [6.45, 7) is 3.66. The number of aryl methyl sites for hydroxylation is 2. The van der Waals surface area contributed by atoms with Crippen LogP contribution in [0.2, 0.25) is 0 Å².